The van der Waals surface area contributed by atoms with Crippen molar-refractivity contribution in [2.45, 2.75) is 18.0 Å². The summed E-state index contributed by atoms with van der Waals surface area (Å²) in [6, 6.07) is 20.3. The number of benzene rings is 2. The highest BCUT2D eigenvalue weighted by molar-refractivity contribution is 7.89. The fourth-order valence-corrected chi connectivity index (χ4v) is 3.16. The first kappa shape index (κ1) is 18.8. The molecular formula is C20H19N3O3S. The highest BCUT2D eigenvalue weighted by Gasteiger charge is 2.15. The molecule has 0 spiro atoms. The van der Waals surface area contributed by atoms with Gasteiger partial charge in [0.15, 0.2) is 5.03 Å². The Kier molecular flexibility index (Phi) is 5.34. The summed E-state index contributed by atoms with van der Waals surface area (Å²) < 4.78 is 22.8. The number of carbonyl (C=O) groups is 1. The van der Waals surface area contributed by atoms with E-state index < -0.39 is 15.9 Å². The lowest BCUT2D eigenvalue weighted by Crippen LogP contribution is -2.27. The molecule has 0 aliphatic heterocycles. The van der Waals surface area contributed by atoms with Crippen molar-refractivity contribution in [1.82, 2.24) is 10.3 Å². The molecule has 138 valence electrons. The fraction of sp³-hybridized carbons (Fsp3) is 0.100. The Morgan fingerprint density at radius 2 is 1.63 bits per heavy atom. The molecule has 7 heteroatoms. The molecule has 0 radical (unpaired) electrons. The zero-order chi connectivity index (χ0) is 19.4. The van der Waals surface area contributed by atoms with Gasteiger partial charge in [-0.15, -0.1) is 0 Å². The number of nitrogens with zero attached hydrogens (tertiary/aromatic N) is 1. The Bertz CT molecular complexity index is 1050. The van der Waals surface area contributed by atoms with Gasteiger partial charge < -0.3 is 5.32 Å². The van der Waals surface area contributed by atoms with Crippen molar-refractivity contribution in [3.05, 3.63) is 84.1 Å². The Morgan fingerprint density at radius 1 is 1.00 bits per heavy atom. The first-order valence-corrected chi connectivity index (χ1v) is 9.84. The zero-order valence-corrected chi connectivity index (χ0v) is 15.5. The van der Waals surface area contributed by atoms with Gasteiger partial charge in [0.25, 0.3) is 15.9 Å². The summed E-state index contributed by atoms with van der Waals surface area (Å²) in [5.41, 5.74) is 3.32. The van der Waals surface area contributed by atoms with Crippen LogP contribution in [-0.2, 0) is 10.0 Å². The van der Waals surface area contributed by atoms with Crippen molar-refractivity contribution in [1.29, 1.82) is 0 Å². The molecule has 3 aromatic rings. The van der Waals surface area contributed by atoms with Crippen LogP contribution in [0.2, 0.25) is 0 Å². The van der Waals surface area contributed by atoms with Gasteiger partial charge in [-0.3, -0.25) is 4.79 Å². The van der Waals surface area contributed by atoms with Crippen LogP contribution >= 0.6 is 0 Å². The predicted octanol–water partition coefficient (Wildman–Crippen LogP) is 2.89. The maximum atomic E-state index is 12.4. The lowest BCUT2D eigenvalue weighted by Gasteiger charge is -2.15. The molecule has 3 N–H and O–H groups in total. The van der Waals surface area contributed by atoms with Gasteiger partial charge in [0.05, 0.1) is 6.04 Å². The van der Waals surface area contributed by atoms with Crippen LogP contribution in [0.5, 0.6) is 0 Å². The van der Waals surface area contributed by atoms with Gasteiger partial charge in [0.1, 0.15) is 0 Å². The lowest BCUT2D eigenvalue weighted by atomic mass is 10.0. The van der Waals surface area contributed by atoms with E-state index in [4.69, 9.17) is 5.14 Å². The number of hydrogen-bond acceptors (Lipinski definition) is 4. The molecule has 0 aliphatic carbocycles. The van der Waals surface area contributed by atoms with Gasteiger partial charge in [-0.2, -0.15) is 0 Å². The maximum absolute atomic E-state index is 12.4. The van der Waals surface area contributed by atoms with E-state index in [0.717, 1.165) is 22.8 Å². The van der Waals surface area contributed by atoms with E-state index in [2.05, 4.69) is 10.3 Å². The first-order chi connectivity index (χ1) is 12.8. The molecule has 1 atom stereocenters. The van der Waals surface area contributed by atoms with Crippen molar-refractivity contribution in [2.75, 3.05) is 0 Å². The summed E-state index contributed by atoms with van der Waals surface area (Å²) in [6.45, 7) is 1.86. The molecule has 1 aromatic heterocycles. The van der Waals surface area contributed by atoms with Crippen molar-refractivity contribution >= 4 is 15.9 Å². The molecule has 2 aromatic carbocycles. The lowest BCUT2D eigenvalue weighted by molar-refractivity contribution is 0.0939. The molecule has 0 bridgehead atoms. The van der Waals surface area contributed by atoms with Gasteiger partial charge >= 0.3 is 0 Å². The molecular weight excluding hydrogens is 362 g/mol. The second kappa shape index (κ2) is 7.69. The minimum atomic E-state index is -3.96. The Hall–Kier alpha value is -3.03. The summed E-state index contributed by atoms with van der Waals surface area (Å²) >= 11 is 0. The minimum Gasteiger partial charge on any atom is -0.346 e. The van der Waals surface area contributed by atoms with Crippen LogP contribution in [0.3, 0.4) is 0 Å². The summed E-state index contributed by atoms with van der Waals surface area (Å²) in [5, 5.41) is 7.57. The average Bonchev–Trinajstić information content (AvgIpc) is 2.68. The zero-order valence-electron chi connectivity index (χ0n) is 14.7. The highest BCUT2D eigenvalue weighted by Crippen LogP contribution is 2.22. The van der Waals surface area contributed by atoms with Gasteiger partial charge in [-0.25, -0.2) is 18.5 Å². The number of primary sulfonamides is 1. The third-order valence-corrected chi connectivity index (χ3v) is 4.96. The summed E-state index contributed by atoms with van der Waals surface area (Å²) in [4.78, 5) is 16.1. The minimum absolute atomic E-state index is 0.182. The topological polar surface area (TPSA) is 102 Å². The predicted molar refractivity (Wildman–Crippen MR) is 103 cm³/mol. The van der Waals surface area contributed by atoms with Crippen LogP contribution in [-0.4, -0.2) is 19.3 Å². The molecule has 6 nitrogen and oxygen atoms in total. The quantitative estimate of drug-likeness (QED) is 0.709. The SMILES string of the molecule is C[C@H](NC(=O)c1ccnc(S(N)(=O)=O)c1)c1ccc(-c2ccccc2)cc1. The average molecular weight is 381 g/mol. The van der Waals surface area contributed by atoms with E-state index in [1.807, 2.05) is 61.5 Å². The first-order valence-electron chi connectivity index (χ1n) is 8.30. The van der Waals surface area contributed by atoms with E-state index in [1.165, 1.54) is 12.3 Å². The van der Waals surface area contributed by atoms with Crippen LogP contribution in [0.1, 0.15) is 28.9 Å². The number of pyridine rings is 1. The van der Waals surface area contributed by atoms with Gasteiger partial charge in [-0.1, -0.05) is 54.6 Å². The second-order valence-electron chi connectivity index (χ2n) is 6.11. The molecule has 0 unspecified atom stereocenters. The number of sulfonamides is 1. The van der Waals surface area contributed by atoms with Gasteiger partial charge in [0.2, 0.25) is 0 Å². The monoisotopic (exact) mass is 381 g/mol. The Balaban J connectivity index is 1.73. The summed E-state index contributed by atoms with van der Waals surface area (Å²) in [5.74, 6) is -0.401. The highest BCUT2D eigenvalue weighted by atomic mass is 32.2. The summed E-state index contributed by atoms with van der Waals surface area (Å²) in [6.07, 6.45) is 1.24. The maximum Gasteiger partial charge on any atom is 0.255 e. The number of nitrogens with one attached hydrogen (secondary N) is 1. The smallest absolute Gasteiger partial charge is 0.255 e. The van der Waals surface area contributed by atoms with E-state index >= 15 is 0 Å². The molecule has 0 aliphatic rings. The van der Waals surface area contributed by atoms with Crippen molar-refractivity contribution in [3.8, 4) is 11.1 Å². The van der Waals surface area contributed by atoms with Crippen molar-refractivity contribution < 1.29 is 13.2 Å². The normalized spacial score (nSPS) is 12.4. The molecule has 0 fully saturated rings. The largest absolute Gasteiger partial charge is 0.346 e. The van der Waals surface area contributed by atoms with Crippen LogP contribution in [0.4, 0.5) is 0 Å². The molecule has 0 saturated heterocycles. The van der Waals surface area contributed by atoms with Gasteiger partial charge in [-0.05, 0) is 35.7 Å². The van der Waals surface area contributed by atoms with Gasteiger partial charge in [0, 0.05) is 11.8 Å². The number of amides is 1. The molecule has 1 amide bonds. The van der Waals surface area contributed by atoms with E-state index in [1.54, 1.807) is 0 Å². The van der Waals surface area contributed by atoms with Crippen LogP contribution in [0.25, 0.3) is 11.1 Å². The molecule has 27 heavy (non-hydrogen) atoms. The van der Waals surface area contributed by atoms with Crippen LogP contribution in [0.15, 0.2) is 78.0 Å². The van der Waals surface area contributed by atoms with E-state index in [9.17, 15) is 13.2 Å². The van der Waals surface area contributed by atoms with Crippen molar-refractivity contribution in [2.24, 2.45) is 5.14 Å². The second-order valence-corrected chi connectivity index (χ2v) is 7.62. The van der Waals surface area contributed by atoms with E-state index in [-0.39, 0.29) is 16.6 Å². The third-order valence-electron chi connectivity index (χ3n) is 4.15. The molecule has 0 saturated carbocycles. The molecule has 1 heterocycles. The number of rotatable bonds is 5. The Labute approximate surface area is 158 Å². The number of aromatic nitrogens is 1. The Morgan fingerprint density at radius 3 is 2.26 bits per heavy atom. The fourth-order valence-electron chi connectivity index (χ4n) is 2.66. The van der Waals surface area contributed by atoms with E-state index in [0.29, 0.717) is 0 Å². The number of nitrogens with two attached hydrogens (primary N) is 1. The van der Waals surface area contributed by atoms with Crippen molar-refractivity contribution in [3.63, 3.8) is 0 Å². The standard InChI is InChI=1S/C20H19N3O3S/c1-14(15-7-9-17(10-8-15)16-5-3-2-4-6-16)23-20(24)18-11-12-22-19(13-18)27(21,25)26/h2-14H,1H3,(H,23,24)(H2,21,25,26)/t14-/m0/s1. The third kappa shape index (κ3) is 4.58. The summed E-state index contributed by atoms with van der Waals surface area (Å²) in [7, 11) is -3.96. The van der Waals surface area contributed by atoms with Crippen LogP contribution < -0.4 is 10.5 Å². The number of carbonyl (C=O) groups excluding carboxylic acids is 1. The molecule has 3 rings (SSSR count). The van der Waals surface area contributed by atoms with Crippen LogP contribution in [0, 0.1) is 0 Å². The number of hydrogen-bond donors (Lipinski definition) is 2.